The van der Waals surface area contributed by atoms with E-state index in [1.165, 1.54) is 7.11 Å². The fourth-order valence-electron chi connectivity index (χ4n) is 0.555. The molecule has 0 saturated carbocycles. The van der Waals surface area contributed by atoms with Gasteiger partial charge in [-0.15, -0.1) is 0 Å². The number of nitrogens with zero attached hydrogens (tertiary/aromatic N) is 1. The first kappa shape index (κ1) is 16.0. The Kier molecular flexibility index (Phi) is 8.10. The van der Waals surface area contributed by atoms with Crippen molar-refractivity contribution >= 4 is 23.4 Å². The third-order valence-corrected chi connectivity index (χ3v) is 3.36. The Bertz CT molecular complexity index is 260. The minimum atomic E-state index is -4.20. The molecule has 9 heteroatoms. The molecule has 0 saturated heterocycles. The number of hydrogen-bond acceptors (Lipinski definition) is 4. The molecular formula is C7H10F3INO3S-. The monoisotopic (exact) mass is 372 g/mol. The molecule has 0 aliphatic heterocycles. The van der Waals surface area contributed by atoms with Crippen molar-refractivity contribution in [1.82, 2.24) is 0 Å². The maximum atomic E-state index is 11.8. The van der Waals surface area contributed by atoms with Crippen LogP contribution in [0.15, 0.2) is 3.21 Å². The molecule has 0 atom stereocenters. The van der Waals surface area contributed by atoms with Gasteiger partial charge in [0.25, 0.3) is 0 Å². The van der Waals surface area contributed by atoms with Crippen molar-refractivity contribution in [3.63, 3.8) is 0 Å². The van der Waals surface area contributed by atoms with Crippen LogP contribution in [0.2, 0.25) is 0 Å². The van der Waals surface area contributed by atoms with Gasteiger partial charge in [0.1, 0.15) is 0 Å². The number of rotatable bonds is 7. The second-order valence-electron chi connectivity index (χ2n) is 2.48. The molecule has 0 aromatic carbocycles. The molecule has 0 heterocycles. The number of hydrogen-bond donors (Lipinski definition) is 1. The maximum absolute atomic E-state index is 11.8. The van der Waals surface area contributed by atoms with E-state index in [2.05, 4.69) is 6.27 Å². The molecule has 0 fully saturated rings. The van der Waals surface area contributed by atoms with E-state index in [1.54, 1.807) is 0 Å². The summed E-state index contributed by atoms with van der Waals surface area (Å²) in [6.07, 6.45) is -5.13. The van der Waals surface area contributed by atoms with E-state index >= 15 is 0 Å². The van der Waals surface area contributed by atoms with Crippen molar-refractivity contribution in [2.75, 3.05) is 18.6 Å². The average Bonchev–Trinajstić information content (AvgIpc) is 2.14. The Morgan fingerprint density at radius 3 is 2.62 bits per heavy atom. The van der Waals surface area contributed by atoms with Gasteiger partial charge in [0.05, 0.1) is 0 Å². The van der Waals surface area contributed by atoms with E-state index in [-0.39, 0.29) is 17.2 Å². The van der Waals surface area contributed by atoms with E-state index in [1.807, 2.05) is 0 Å². The Labute approximate surface area is 106 Å². The summed E-state index contributed by atoms with van der Waals surface area (Å²) in [7, 11) is 1.40. The summed E-state index contributed by atoms with van der Waals surface area (Å²) in [5.41, 5.74) is -0.137. The normalized spacial score (nSPS) is 13.1. The summed E-state index contributed by atoms with van der Waals surface area (Å²) in [6.45, 7) is 0. The summed E-state index contributed by atoms with van der Waals surface area (Å²) < 4.78 is 43.6. The summed E-state index contributed by atoms with van der Waals surface area (Å²) in [4.78, 5) is 10.6. The van der Waals surface area contributed by atoms with Gasteiger partial charge in [0.2, 0.25) is 0 Å². The van der Waals surface area contributed by atoms with E-state index in [0.29, 0.717) is 0 Å². The summed E-state index contributed by atoms with van der Waals surface area (Å²) in [5.74, 6) is -1.41. The predicted octanol–water partition coefficient (Wildman–Crippen LogP) is -1.24. The van der Waals surface area contributed by atoms with Gasteiger partial charge in [-0.25, -0.2) is 0 Å². The van der Waals surface area contributed by atoms with Crippen LogP contribution in [0.3, 0.4) is 0 Å². The van der Waals surface area contributed by atoms with Crippen LogP contribution in [0.1, 0.15) is 6.42 Å². The molecule has 16 heavy (non-hydrogen) atoms. The van der Waals surface area contributed by atoms with Crippen LogP contribution in [0, 0.1) is 0 Å². The van der Waals surface area contributed by atoms with E-state index < -0.39 is 40.5 Å². The Hall–Kier alpha value is -0.0300. The number of halogens is 4. The zero-order chi connectivity index (χ0) is 12.6. The van der Waals surface area contributed by atoms with Crippen molar-refractivity contribution in [2.45, 2.75) is 12.6 Å². The van der Waals surface area contributed by atoms with Gasteiger partial charge >= 0.3 is 106 Å². The number of aliphatic carboxylic acids is 1. The molecule has 0 aliphatic rings. The van der Waals surface area contributed by atoms with Crippen molar-refractivity contribution in [3.8, 4) is 0 Å². The standard InChI is InChI=1S/C7H10F3INO3S/c1-15-11-12-5(6(13)14)4-16-3-2-7(8,9)10/h2-4H2,1H3,(H,13,14)/q-1. The van der Waals surface area contributed by atoms with Gasteiger partial charge in [-0.05, 0) is 0 Å². The number of carboxylic acid groups (broad SMARTS) is 1. The molecular weight excluding hydrogens is 362 g/mol. The van der Waals surface area contributed by atoms with Crippen LogP contribution in [-0.4, -0.2) is 41.6 Å². The van der Waals surface area contributed by atoms with Gasteiger partial charge in [-0.1, -0.05) is 0 Å². The SMILES string of the molecule is CO[I-]N=C(CSCCC(F)(F)F)C(=O)O. The van der Waals surface area contributed by atoms with E-state index in [4.69, 9.17) is 5.11 Å². The topological polar surface area (TPSA) is 58.9 Å². The second kappa shape index (κ2) is 8.12. The van der Waals surface area contributed by atoms with Gasteiger partial charge in [-0.3, -0.25) is 0 Å². The van der Waals surface area contributed by atoms with E-state index in [0.717, 1.165) is 11.8 Å². The van der Waals surface area contributed by atoms with Crippen LogP contribution in [0.25, 0.3) is 0 Å². The summed E-state index contributed by atoms with van der Waals surface area (Å²) >= 11 is -0.122. The second-order valence-corrected chi connectivity index (χ2v) is 5.34. The molecule has 0 bridgehead atoms. The molecule has 0 amide bonds. The number of carbonyl (C=O) groups is 1. The van der Waals surface area contributed by atoms with Gasteiger partial charge in [-0.2, -0.15) is 0 Å². The quantitative estimate of drug-likeness (QED) is 0.345. The molecule has 0 radical (unpaired) electrons. The minimum absolute atomic E-state index is 0.0332. The number of alkyl halides is 3. The molecule has 96 valence electrons. The summed E-state index contributed by atoms with van der Waals surface area (Å²) in [6, 6.07) is 0. The number of thioether (sulfide) groups is 1. The molecule has 4 nitrogen and oxygen atoms in total. The van der Waals surface area contributed by atoms with Gasteiger partial charge < -0.3 is 0 Å². The molecule has 0 aromatic heterocycles. The third kappa shape index (κ3) is 9.21. The summed E-state index contributed by atoms with van der Waals surface area (Å²) in [5, 5.41) is 8.65. The number of carboxylic acids is 1. The fourth-order valence-corrected chi connectivity index (χ4v) is 2.50. The first-order chi connectivity index (χ1) is 7.37. The van der Waals surface area contributed by atoms with Crippen LogP contribution in [0.4, 0.5) is 13.2 Å². The zero-order valence-corrected chi connectivity index (χ0v) is 11.2. The van der Waals surface area contributed by atoms with Crippen molar-refractivity contribution in [1.29, 1.82) is 0 Å². The van der Waals surface area contributed by atoms with Crippen LogP contribution < -0.4 is 21.9 Å². The molecule has 1 N–H and O–H groups in total. The van der Waals surface area contributed by atoms with Crippen LogP contribution in [0.5, 0.6) is 0 Å². The van der Waals surface area contributed by atoms with Gasteiger partial charge in [0.15, 0.2) is 0 Å². The molecule has 0 spiro atoms. The first-order valence-corrected chi connectivity index (χ1v) is 6.98. The zero-order valence-electron chi connectivity index (χ0n) is 8.25. The average molecular weight is 372 g/mol. The third-order valence-electron chi connectivity index (χ3n) is 1.22. The fraction of sp³-hybridized carbons (Fsp3) is 0.714. The van der Waals surface area contributed by atoms with Crippen molar-refractivity contribution < 1.29 is 48.0 Å². The molecule has 0 aromatic rings. The molecule has 0 rings (SSSR count). The van der Waals surface area contributed by atoms with Crippen LogP contribution >= 0.6 is 11.8 Å². The molecule has 0 aliphatic carbocycles. The van der Waals surface area contributed by atoms with Crippen molar-refractivity contribution in [3.05, 3.63) is 0 Å². The Morgan fingerprint density at radius 1 is 1.56 bits per heavy atom. The Morgan fingerprint density at radius 2 is 2.19 bits per heavy atom. The van der Waals surface area contributed by atoms with Crippen molar-refractivity contribution in [2.24, 2.45) is 3.21 Å². The van der Waals surface area contributed by atoms with Crippen LogP contribution in [-0.2, 0) is 7.86 Å². The first-order valence-electron chi connectivity index (χ1n) is 3.98. The van der Waals surface area contributed by atoms with E-state index in [9.17, 15) is 18.0 Å². The van der Waals surface area contributed by atoms with Gasteiger partial charge in [0, 0.05) is 0 Å². The predicted molar refractivity (Wildman–Crippen MR) is 50.1 cm³/mol. The Balaban J connectivity index is 3.91. The molecule has 0 unspecified atom stereocenters.